The molecule has 0 saturated carbocycles. The Morgan fingerprint density at radius 3 is 2.47 bits per heavy atom. The summed E-state index contributed by atoms with van der Waals surface area (Å²) >= 11 is 12.0. The normalized spacial score (nSPS) is 13.8. The van der Waals surface area contributed by atoms with Gasteiger partial charge in [-0.05, 0) is 18.0 Å². The fourth-order valence-corrected chi connectivity index (χ4v) is 2.17. The number of rotatable bonds is 4. The van der Waals surface area contributed by atoms with Crippen molar-refractivity contribution in [1.29, 1.82) is 0 Å². The van der Waals surface area contributed by atoms with Gasteiger partial charge in [-0.25, -0.2) is 0 Å². The van der Waals surface area contributed by atoms with Crippen LogP contribution < -0.4 is 5.32 Å². The first-order valence-corrected chi connectivity index (χ1v) is 6.63. The molecule has 1 aromatic rings. The molecule has 0 aliphatic rings. The monoisotopic (exact) mass is 274 g/mol. The molecule has 4 heteroatoms. The van der Waals surface area contributed by atoms with Gasteiger partial charge in [0.05, 0.1) is 15.7 Å². The first-order chi connectivity index (χ1) is 7.84. The van der Waals surface area contributed by atoms with Gasteiger partial charge >= 0.3 is 0 Å². The Hall–Kier alpha value is -0.310. The molecule has 0 amide bonds. The van der Waals surface area contributed by atoms with E-state index < -0.39 is 0 Å². The number of aromatic nitrogens is 1. The highest BCUT2D eigenvalue weighted by Crippen LogP contribution is 2.26. The topological polar surface area (TPSA) is 24.9 Å². The van der Waals surface area contributed by atoms with Crippen LogP contribution in [0.3, 0.4) is 0 Å². The maximum atomic E-state index is 6.15. The van der Waals surface area contributed by atoms with Crippen molar-refractivity contribution in [1.82, 2.24) is 10.3 Å². The third kappa shape index (κ3) is 4.46. The summed E-state index contributed by atoms with van der Waals surface area (Å²) in [4.78, 5) is 4.31. The van der Waals surface area contributed by atoms with Crippen molar-refractivity contribution in [2.24, 2.45) is 5.41 Å². The molecule has 1 atom stereocenters. The van der Waals surface area contributed by atoms with Crippen molar-refractivity contribution in [2.45, 2.75) is 40.2 Å². The Bertz CT molecular complexity index is 372. The molecular weight excluding hydrogens is 255 g/mol. The van der Waals surface area contributed by atoms with Gasteiger partial charge in [0.25, 0.3) is 0 Å². The first-order valence-electron chi connectivity index (χ1n) is 5.88. The van der Waals surface area contributed by atoms with Crippen LogP contribution in [0.15, 0.2) is 12.3 Å². The molecule has 0 spiro atoms. The summed E-state index contributed by atoms with van der Waals surface area (Å²) in [5, 5.41) is 4.70. The van der Waals surface area contributed by atoms with E-state index >= 15 is 0 Å². The lowest BCUT2D eigenvalue weighted by molar-refractivity contribution is 0.268. The van der Waals surface area contributed by atoms with E-state index in [1.165, 1.54) is 0 Å². The molecule has 0 aliphatic heterocycles. The Balaban J connectivity index is 2.86. The summed E-state index contributed by atoms with van der Waals surface area (Å²) < 4.78 is 0. The van der Waals surface area contributed by atoms with Crippen molar-refractivity contribution < 1.29 is 0 Å². The molecule has 1 heterocycles. The Morgan fingerprint density at radius 2 is 2.00 bits per heavy atom. The van der Waals surface area contributed by atoms with Gasteiger partial charge < -0.3 is 5.32 Å². The number of pyridine rings is 1. The van der Waals surface area contributed by atoms with Crippen molar-refractivity contribution in [3.63, 3.8) is 0 Å². The second kappa shape index (κ2) is 6.03. The van der Waals surface area contributed by atoms with Gasteiger partial charge in [-0.3, -0.25) is 4.98 Å². The van der Waals surface area contributed by atoms with Gasteiger partial charge in [-0.15, -0.1) is 0 Å². The standard InChI is InChI=1S/C13H20Cl2N2/c1-5-16-12(13(2,3)4)7-11-10(15)6-9(14)8-17-11/h6,8,12,16H,5,7H2,1-4H3. The molecule has 17 heavy (non-hydrogen) atoms. The van der Waals surface area contributed by atoms with Gasteiger partial charge in [0.1, 0.15) is 0 Å². The van der Waals surface area contributed by atoms with E-state index in [2.05, 4.69) is 38.0 Å². The summed E-state index contributed by atoms with van der Waals surface area (Å²) in [6.07, 6.45) is 2.46. The van der Waals surface area contributed by atoms with E-state index in [4.69, 9.17) is 23.2 Å². The summed E-state index contributed by atoms with van der Waals surface area (Å²) in [7, 11) is 0. The van der Waals surface area contributed by atoms with E-state index in [9.17, 15) is 0 Å². The maximum Gasteiger partial charge on any atom is 0.0636 e. The predicted molar refractivity (Wildman–Crippen MR) is 74.9 cm³/mol. The highest BCUT2D eigenvalue weighted by Gasteiger charge is 2.25. The van der Waals surface area contributed by atoms with E-state index in [1.54, 1.807) is 12.3 Å². The van der Waals surface area contributed by atoms with Gasteiger partial charge in [0, 0.05) is 18.7 Å². The molecule has 0 saturated heterocycles. The summed E-state index contributed by atoms with van der Waals surface area (Å²) in [5.74, 6) is 0. The minimum absolute atomic E-state index is 0.167. The molecule has 0 bridgehead atoms. The van der Waals surface area contributed by atoms with Gasteiger partial charge in [0.2, 0.25) is 0 Å². The van der Waals surface area contributed by atoms with Crippen LogP contribution >= 0.6 is 23.2 Å². The third-order valence-electron chi connectivity index (χ3n) is 2.78. The lowest BCUT2D eigenvalue weighted by Crippen LogP contribution is -2.42. The molecular formula is C13H20Cl2N2. The number of likely N-dealkylation sites (N-methyl/N-ethyl adjacent to an activating group) is 1. The highest BCUT2D eigenvalue weighted by molar-refractivity contribution is 6.34. The van der Waals surface area contributed by atoms with Crippen LogP contribution in [0.1, 0.15) is 33.4 Å². The van der Waals surface area contributed by atoms with Crippen LogP contribution in [0, 0.1) is 5.41 Å². The number of nitrogens with zero attached hydrogens (tertiary/aromatic N) is 1. The smallest absolute Gasteiger partial charge is 0.0636 e. The van der Waals surface area contributed by atoms with Crippen LogP contribution in [-0.2, 0) is 6.42 Å². The number of nitrogens with one attached hydrogen (secondary N) is 1. The fourth-order valence-electron chi connectivity index (χ4n) is 1.72. The molecule has 1 rings (SSSR count). The zero-order valence-electron chi connectivity index (χ0n) is 10.8. The Kier molecular flexibility index (Phi) is 5.23. The van der Waals surface area contributed by atoms with Crippen molar-refractivity contribution in [3.05, 3.63) is 28.0 Å². The van der Waals surface area contributed by atoms with E-state index in [-0.39, 0.29) is 5.41 Å². The molecule has 1 N–H and O–H groups in total. The minimum atomic E-state index is 0.167. The molecule has 1 aromatic heterocycles. The van der Waals surface area contributed by atoms with Gasteiger partial charge in [-0.1, -0.05) is 50.9 Å². The molecule has 96 valence electrons. The maximum absolute atomic E-state index is 6.15. The molecule has 0 aromatic carbocycles. The van der Waals surface area contributed by atoms with Crippen LogP contribution in [0.5, 0.6) is 0 Å². The van der Waals surface area contributed by atoms with Crippen LogP contribution in [-0.4, -0.2) is 17.6 Å². The second-order valence-corrected chi connectivity index (χ2v) is 6.11. The second-order valence-electron chi connectivity index (χ2n) is 5.26. The van der Waals surface area contributed by atoms with Crippen molar-refractivity contribution in [2.75, 3.05) is 6.54 Å². The predicted octanol–water partition coefficient (Wildman–Crippen LogP) is 3.96. The van der Waals surface area contributed by atoms with Gasteiger partial charge in [-0.2, -0.15) is 0 Å². The van der Waals surface area contributed by atoms with E-state index in [0.29, 0.717) is 16.1 Å². The molecule has 0 aliphatic carbocycles. The molecule has 2 nitrogen and oxygen atoms in total. The third-order valence-corrected chi connectivity index (χ3v) is 3.31. The lowest BCUT2D eigenvalue weighted by Gasteiger charge is -2.31. The lowest BCUT2D eigenvalue weighted by atomic mass is 9.84. The molecule has 0 radical (unpaired) electrons. The number of hydrogen-bond acceptors (Lipinski definition) is 2. The van der Waals surface area contributed by atoms with Crippen LogP contribution in [0.2, 0.25) is 10.0 Å². The van der Waals surface area contributed by atoms with Crippen LogP contribution in [0.4, 0.5) is 0 Å². The summed E-state index contributed by atoms with van der Waals surface area (Å²) in [5.41, 5.74) is 1.07. The number of hydrogen-bond donors (Lipinski definition) is 1. The van der Waals surface area contributed by atoms with Gasteiger partial charge in [0.15, 0.2) is 0 Å². The largest absolute Gasteiger partial charge is 0.313 e. The zero-order chi connectivity index (χ0) is 13.1. The first kappa shape index (κ1) is 14.7. The average molecular weight is 275 g/mol. The van der Waals surface area contributed by atoms with Crippen molar-refractivity contribution in [3.8, 4) is 0 Å². The Labute approximate surface area is 114 Å². The summed E-state index contributed by atoms with van der Waals surface area (Å²) in [6, 6.07) is 2.09. The SMILES string of the molecule is CCNC(Cc1ncc(Cl)cc1Cl)C(C)(C)C. The Morgan fingerprint density at radius 1 is 1.35 bits per heavy atom. The highest BCUT2D eigenvalue weighted by atomic mass is 35.5. The van der Waals surface area contributed by atoms with Crippen LogP contribution in [0.25, 0.3) is 0 Å². The molecule has 1 unspecified atom stereocenters. The quantitative estimate of drug-likeness (QED) is 0.899. The molecule has 0 fully saturated rings. The summed E-state index contributed by atoms with van der Waals surface area (Å²) in [6.45, 7) is 9.68. The van der Waals surface area contributed by atoms with E-state index in [1.807, 2.05) is 0 Å². The average Bonchev–Trinajstić information content (AvgIpc) is 2.19. The fraction of sp³-hybridized carbons (Fsp3) is 0.615. The van der Waals surface area contributed by atoms with Crippen molar-refractivity contribution >= 4 is 23.2 Å². The van der Waals surface area contributed by atoms with E-state index in [0.717, 1.165) is 18.7 Å². The number of halogens is 2. The minimum Gasteiger partial charge on any atom is -0.313 e. The zero-order valence-corrected chi connectivity index (χ0v) is 12.4.